The van der Waals surface area contributed by atoms with Gasteiger partial charge >= 0.3 is 5.97 Å². The SMILES string of the molecule is O=C(O)COc1ccccc1CN1CCC[C@H](Cc2nccnc2-c2ncc[nH]2)C1. The molecule has 0 aliphatic carbocycles. The summed E-state index contributed by atoms with van der Waals surface area (Å²) in [7, 11) is 0. The predicted molar refractivity (Wildman–Crippen MR) is 111 cm³/mol. The summed E-state index contributed by atoms with van der Waals surface area (Å²) < 4.78 is 5.46. The number of H-pyrrole nitrogens is 1. The number of benzene rings is 1. The van der Waals surface area contributed by atoms with Crippen molar-refractivity contribution in [1.29, 1.82) is 0 Å². The van der Waals surface area contributed by atoms with Gasteiger partial charge in [0.2, 0.25) is 0 Å². The number of aliphatic carboxylic acids is 1. The number of carbonyl (C=O) groups is 1. The minimum atomic E-state index is -0.973. The molecule has 1 saturated heterocycles. The molecular formula is C22H25N5O3. The zero-order valence-corrected chi connectivity index (χ0v) is 16.7. The number of imidazole rings is 1. The normalized spacial score (nSPS) is 17.0. The van der Waals surface area contributed by atoms with E-state index in [-0.39, 0.29) is 6.61 Å². The van der Waals surface area contributed by atoms with Gasteiger partial charge in [-0.1, -0.05) is 18.2 Å². The molecule has 8 nitrogen and oxygen atoms in total. The monoisotopic (exact) mass is 407 g/mol. The molecule has 2 aromatic heterocycles. The zero-order valence-electron chi connectivity index (χ0n) is 16.7. The first-order valence-electron chi connectivity index (χ1n) is 10.1. The van der Waals surface area contributed by atoms with Crippen LogP contribution < -0.4 is 4.74 Å². The maximum absolute atomic E-state index is 10.9. The summed E-state index contributed by atoms with van der Waals surface area (Å²) in [5.41, 5.74) is 2.78. The second kappa shape index (κ2) is 9.49. The number of hydrogen-bond acceptors (Lipinski definition) is 6. The predicted octanol–water partition coefficient (Wildman–Crippen LogP) is 2.78. The molecule has 1 fully saturated rings. The third-order valence-corrected chi connectivity index (χ3v) is 5.30. The highest BCUT2D eigenvalue weighted by Gasteiger charge is 2.23. The lowest BCUT2D eigenvalue weighted by atomic mass is 9.92. The molecule has 1 atom stereocenters. The average Bonchev–Trinajstić information content (AvgIpc) is 3.28. The lowest BCUT2D eigenvalue weighted by Crippen LogP contribution is -2.36. The summed E-state index contributed by atoms with van der Waals surface area (Å²) in [6, 6.07) is 7.65. The Morgan fingerprint density at radius 3 is 2.90 bits per heavy atom. The van der Waals surface area contributed by atoms with Crippen molar-refractivity contribution < 1.29 is 14.6 Å². The topological polar surface area (TPSA) is 104 Å². The second-order valence-electron chi connectivity index (χ2n) is 7.53. The summed E-state index contributed by atoms with van der Waals surface area (Å²) in [5, 5.41) is 8.90. The number of aromatic amines is 1. The van der Waals surface area contributed by atoms with Gasteiger partial charge in [-0.2, -0.15) is 0 Å². The van der Waals surface area contributed by atoms with Gasteiger partial charge in [-0.3, -0.25) is 9.88 Å². The smallest absolute Gasteiger partial charge is 0.341 e. The molecule has 1 aliphatic heterocycles. The lowest BCUT2D eigenvalue weighted by Gasteiger charge is -2.33. The Morgan fingerprint density at radius 1 is 1.20 bits per heavy atom. The third-order valence-electron chi connectivity index (χ3n) is 5.30. The van der Waals surface area contributed by atoms with E-state index in [0.717, 1.165) is 61.7 Å². The van der Waals surface area contributed by atoms with Gasteiger partial charge in [0.05, 0.1) is 5.69 Å². The Kier molecular flexibility index (Phi) is 6.34. The molecule has 4 rings (SSSR count). The van der Waals surface area contributed by atoms with E-state index < -0.39 is 5.97 Å². The van der Waals surface area contributed by atoms with Gasteiger partial charge < -0.3 is 14.8 Å². The molecule has 2 N–H and O–H groups in total. The standard InChI is InChI=1S/C22H25N5O3/c28-20(29)15-30-19-6-2-1-5-17(19)14-27-11-3-4-16(13-27)12-18-21(24-8-7-23-18)22-25-9-10-26-22/h1-2,5-10,16H,3-4,11-15H2,(H,25,26)(H,28,29)/t16-/m1/s1. The molecule has 30 heavy (non-hydrogen) atoms. The fourth-order valence-electron chi connectivity index (χ4n) is 4.00. The van der Waals surface area contributed by atoms with Crippen molar-refractivity contribution in [2.75, 3.05) is 19.7 Å². The van der Waals surface area contributed by atoms with Gasteiger partial charge in [-0.15, -0.1) is 0 Å². The van der Waals surface area contributed by atoms with Crippen molar-refractivity contribution in [3.8, 4) is 17.3 Å². The van der Waals surface area contributed by atoms with E-state index in [1.165, 1.54) is 0 Å². The highest BCUT2D eigenvalue weighted by atomic mass is 16.5. The van der Waals surface area contributed by atoms with Crippen LogP contribution in [0, 0.1) is 5.92 Å². The Balaban J connectivity index is 1.42. The number of rotatable bonds is 8. The molecule has 0 saturated carbocycles. The molecule has 8 heteroatoms. The quantitative estimate of drug-likeness (QED) is 0.592. The first-order chi connectivity index (χ1) is 14.7. The Hall–Kier alpha value is -3.26. The van der Waals surface area contributed by atoms with E-state index in [1.807, 2.05) is 24.3 Å². The molecule has 0 bridgehead atoms. The summed E-state index contributed by atoms with van der Waals surface area (Å²) >= 11 is 0. The summed E-state index contributed by atoms with van der Waals surface area (Å²) in [5.74, 6) is 0.877. The van der Waals surface area contributed by atoms with Crippen molar-refractivity contribution >= 4 is 5.97 Å². The Labute approximate surface area is 175 Å². The van der Waals surface area contributed by atoms with Gasteiger partial charge in [0.15, 0.2) is 12.4 Å². The largest absolute Gasteiger partial charge is 0.482 e. The molecular weight excluding hydrogens is 382 g/mol. The maximum atomic E-state index is 10.9. The van der Waals surface area contributed by atoms with Crippen LogP contribution >= 0.6 is 0 Å². The molecule has 156 valence electrons. The van der Waals surface area contributed by atoms with Crippen LogP contribution in [0.15, 0.2) is 49.1 Å². The first-order valence-corrected chi connectivity index (χ1v) is 10.1. The van der Waals surface area contributed by atoms with Crippen LogP contribution in [-0.4, -0.2) is 55.6 Å². The average molecular weight is 407 g/mol. The minimum Gasteiger partial charge on any atom is -0.482 e. The number of carboxylic acid groups (broad SMARTS) is 1. The van der Waals surface area contributed by atoms with Crippen LogP contribution in [0.3, 0.4) is 0 Å². The van der Waals surface area contributed by atoms with Crippen LogP contribution in [0.4, 0.5) is 0 Å². The van der Waals surface area contributed by atoms with E-state index in [1.54, 1.807) is 24.8 Å². The zero-order chi connectivity index (χ0) is 20.8. The third kappa shape index (κ3) is 5.01. The van der Waals surface area contributed by atoms with Crippen molar-refractivity contribution in [3.05, 3.63) is 60.3 Å². The van der Waals surface area contributed by atoms with Crippen molar-refractivity contribution in [2.45, 2.75) is 25.8 Å². The number of para-hydroxylation sites is 1. The highest BCUT2D eigenvalue weighted by molar-refractivity contribution is 5.68. The van der Waals surface area contributed by atoms with Gasteiger partial charge in [0.1, 0.15) is 11.4 Å². The van der Waals surface area contributed by atoms with Crippen LogP contribution in [0.2, 0.25) is 0 Å². The molecule has 0 unspecified atom stereocenters. The molecule has 0 radical (unpaired) electrons. The molecule has 1 aromatic carbocycles. The van der Waals surface area contributed by atoms with Gasteiger partial charge in [0, 0.05) is 43.4 Å². The number of carboxylic acids is 1. The van der Waals surface area contributed by atoms with Crippen molar-refractivity contribution in [2.24, 2.45) is 5.92 Å². The first kappa shape index (κ1) is 20.0. The second-order valence-corrected chi connectivity index (χ2v) is 7.53. The minimum absolute atomic E-state index is 0.331. The van der Waals surface area contributed by atoms with E-state index in [9.17, 15) is 4.79 Å². The fourth-order valence-corrected chi connectivity index (χ4v) is 4.00. The van der Waals surface area contributed by atoms with Crippen LogP contribution in [-0.2, 0) is 17.8 Å². The molecule has 3 heterocycles. The number of ether oxygens (including phenoxy) is 1. The molecule has 3 aromatic rings. The van der Waals surface area contributed by atoms with E-state index in [0.29, 0.717) is 11.7 Å². The van der Waals surface area contributed by atoms with Crippen LogP contribution in [0.5, 0.6) is 5.75 Å². The van der Waals surface area contributed by atoms with Gasteiger partial charge in [-0.25, -0.2) is 14.8 Å². The van der Waals surface area contributed by atoms with E-state index in [4.69, 9.17) is 9.84 Å². The number of hydrogen-bond donors (Lipinski definition) is 2. The molecule has 1 aliphatic rings. The van der Waals surface area contributed by atoms with Gasteiger partial charge in [-0.05, 0) is 37.8 Å². The van der Waals surface area contributed by atoms with Crippen molar-refractivity contribution in [1.82, 2.24) is 24.8 Å². The fraction of sp³-hybridized carbons (Fsp3) is 0.364. The Bertz CT molecular complexity index is 976. The number of piperidine rings is 1. The number of nitrogens with one attached hydrogen (secondary N) is 1. The van der Waals surface area contributed by atoms with Crippen LogP contribution in [0.1, 0.15) is 24.1 Å². The lowest BCUT2D eigenvalue weighted by molar-refractivity contribution is -0.139. The maximum Gasteiger partial charge on any atom is 0.341 e. The van der Waals surface area contributed by atoms with Crippen LogP contribution in [0.25, 0.3) is 11.5 Å². The number of likely N-dealkylation sites (tertiary alicyclic amines) is 1. The van der Waals surface area contributed by atoms with Crippen molar-refractivity contribution in [3.63, 3.8) is 0 Å². The van der Waals surface area contributed by atoms with Gasteiger partial charge in [0.25, 0.3) is 0 Å². The summed E-state index contributed by atoms with van der Waals surface area (Å²) in [6.07, 6.45) is 10.0. The number of nitrogens with zero attached hydrogens (tertiary/aromatic N) is 4. The summed E-state index contributed by atoms with van der Waals surface area (Å²) in [6.45, 7) is 2.36. The Morgan fingerprint density at radius 2 is 2.07 bits per heavy atom. The molecule has 0 amide bonds. The van der Waals surface area contributed by atoms with E-state index in [2.05, 4.69) is 24.8 Å². The summed E-state index contributed by atoms with van der Waals surface area (Å²) in [4.78, 5) is 29.8. The molecule has 0 spiro atoms. The van der Waals surface area contributed by atoms with E-state index >= 15 is 0 Å². The number of aromatic nitrogens is 4. The highest BCUT2D eigenvalue weighted by Crippen LogP contribution is 2.27.